The fourth-order valence-corrected chi connectivity index (χ4v) is 11.1. The Balaban J connectivity index is 1.13. The summed E-state index contributed by atoms with van der Waals surface area (Å²) in [5.41, 5.74) is 22.9. The minimum atomic E-state index is 1.05. The van der Waals surface area contributed by atoms with Crippen molar-refractivity contribution >= 4 is 38.8 Å². The number of rotatable bonds is 8. The van der Waals surface area contributed by atoms with Crippen molar-refractivity contribution in [3.63, 3.8) is 0 Å². The molecule has 0 radical (unpaired) electrons. The number of aryl methyl sites for hydroxylation is 1. The number of hydrogen-bond acceptors (Lipinski definition) is 0. The number of benzene rings is 10. The van der Waals surface area contributed by atoms with Gasteiger partial charge in [-0.3, -0.25) is 0 Å². The Morgan fingerprint density at radius 3 is 0.971 bits per heavy atom. The van der Waals surface area contributed by atoms with Crippen molar-refractivity contribution < 1.29 is 0 Å². The Morgan fingerprint density at radius 1 is 0.265 bits per heavy atom. The van der Waals surface area contributed by atoms with E-state index in [2.05, 4.69) is 264 Å². The summed E-state index contributed by atoms with van der Waals surface area (Å²) in [5, 5.41) is 3.85. The van der Waals surface area contributed by atoms with E-state index in [1.54, 1.807) is 0 Å². The van der Waals surface area contributed by atoms with Crippen molar-refractivity contribution in [2.24, 2.45) is 0 Å². The third-order valence-corrected chi connectivity index (χ3v) is 14.0. The van der Waals surface area contributed by atoms with Gasteiger partial charge in [-0.2, -0.15) is 0 Å². The van der Waals surface area contributed by atoms with Crippen LogP contribution in [-0.4, -0.2) is 9.13 Å². The molecule has 320 valence electrons. The predicted octanol–water partition coefficient (Wildman–Crippen LogP) is 17.7. The summed E-state index contributed by atoms with van der Waals surface area (Å²) in [4.78, 5) is 0. The topological polar surface area (TPSA) is 9.86 Å². The molecule has 2 heterocycles. The summed E-state index contributed by atoms with van der Waals surface area (Å²) in [6.45, 7) is 0. The highest BCUT2D eigenvalue weighted by molar-refractivity contribution is 6.15. The Kier molecular flexibility index (Phi) is 9.68. The summed E-state index contributed by atoms with van der Waals surface area (Å²) in [5.74, 6) is 0. The van der Waals surface area contributed by atoms with E-state index in [0.29, 0.717) is 0 Å². The molecule has 68 heavy (non-hydrogen) atoms. The van der Waals surface area contributed by atoms with Crippen LogP contribution in [0.15, 0.2) is 249 Å². The standard InChI is InChI=1S/C66H46N2/c1-5-21-45(22-6-1)61-62(46-23-7-2-8-24-46)66(50-39-43-52(44-40-50)68-59-35-19-15-31-55(59)56-32-16-20-36-60(56)68)64(48-27-11-4-12-28-48)63(47-25-9-3-10-26-47)65(61)49-37-41-51(42-38-49)67-57-33-17-13-29-53(57)54-30-14-18-34-58(54)67/h1-15,17-31,33-44H,16,32H2. The minimum absolute atomic E-state index is 1.05. The van der Waals surface area contributed by atoms with Gasteiger partial charge in [0.25, 0.3) is 0 Å². The maximum atomic E-state index is 2.46. The van der Waals surface area contributed by atoms with E-state index in [1.165, 1.54) is 99.6 Å². The van der Waals surface area contributed by atoms with Crippen molar-refractivity contribution in [1.82, 2.24) is 9.13 Å². The molecule has 0 unspecified atom stereocenters. The molecule has 0 spiro atoms. The van der Waals surface area contributed by atoms with Crippen molar-refractivity contribution in [2.75, 3.05) is 0 Å². The highest BCUT2D eigenvalue weighted by Gasteiger charge is 2.29. The summed E-state index contributed by atoms with van der Waals surface area (Å²) in [7, 11) is 0. The van der Waals surface area contributed by atoms with E-state index in [-0.39, 0.29) is 0 Å². The van der Waals surface area contributed by atoms with E-state index in [0.717, 1.165) is 35.3 Å². The molecule has 1 aliphatic carbocycles. The third kappa shape index (κ3) is 6.48. The summed E-state index contributed by atoms with van der Waals surface area (Å²) < 4.78 is 4.86. The Labute approximate surface area is 397 Å². The molecule has 13 rings (SSSR count). The van der Waals surface area contributed by atoms with Crippen molar-refractivity contribution in [1.29, 1.82) is 0 Å². The molecular weight excluding hydrogens is 821 g/mol. The molecule has 0 aliphatic heterocycles. The van der Waals surface area contributed by atoms with E-state index in [4.69, 9.17) is 0 Å². The molecule has 0 amide bonds. The van der Waals surface area contributed by atoms with E-state index < -0.39 is 0 Å². The zero-order valence-corrected chi connectivity index (χ0v) is 37.6. The molecule has 12 aromatic rings. The first kappa shape index (κ1) is 39.6. The van der Waals surface area contributed by atoms with Gasteiger partial charge in [-0.25, -0.2) is 0 Å². The van der Waals surface area contributed by atoms with Gasteiger partial charge in [-0.05, 0) is 134 Å². The molecule has 0 saturated carbocycles. The number of aromatic nitrogens is 2. The molecule has 0 saturated heterocycles. The van der Waals surface area contributed by atoms with E-state index in [9.17, 15) is 0 Å². The molecule has 1 aliphatic rings. The van der Waals surface area contributed by atoms with Gasteiger partial charge < -0.3 is 9.13 Å². The molecule has 0 atom stereocenters. The molecule has 2 heteroatoms. The Bertz CT molecular complexity index is 3680. The summed E-state index contributed by atoms with van der Waals surface area (Å²) >= 11 is 0. The van der Waals surface area contributed by atoms with Crippen LogP contribution in [-0.2, 0) is 6.42 Å². The first-order chi connectivity index (χ1) is 33.8. The fourth-order valence-electron chi connectivity index (χ4n) is 11.1. The Morgan fingerprint density at radius 2 is 0.574 bits per heavy atom. The molecule has 2 aromatic heterocycles. The zero-order valence-electron chi connectivity index (χ0n) is 37.6. The van der Waals surface area contributed by atoms with Gasteiger partial charge in [-0.15, -0.1) is 0 Å². The highest BCUT2D eigenvalue weighted by atomic mass is 15.0. The lowest BCUT2D eigenvalue weighted by Gasteiger charge is -2.29. The quantitative estimate of drug-likeness (QED) is 0.144. The molecule has 0 bridgehead atoms. The van der Waals surface area contributed by atoms with Crippen LogP contribution in [0.2, 0.25) is 0 Å². The second-order valence-electron chi connectivity index (χ2n) is 17.8. The maximum Gasteiger partial charge on any atom is 0.0541 e. The van der Waals surface area contributed by atoms with Crippen LogP contribution >= 0.6 is 0 Å². The van der Waals surface area contributed by atoms with Crippen LogP contribution in [0.1, 0.15) is 17.7 Å². The van der Waals surface area contributed by atoms with Crippen molar-refractivity contribution in [3.05, 3.63) is 260 Å². The molecular formula is C66H46N2. The van der Waals surface area contributed by atoms with Gasteiger partial charge in [0, 0.05) is 33.2 Å². The van der Waals surface area contributed by atoms with Crippen LogP contribution in [0, 0.1) is 0 Å². The SMILES string of the molecule is C1=Cc2c(c3ccccc3n2-c2ccc(-c3c(-c4ccccc4)c(-c4ccccc4)c(-c4ccc(-n5c6ccccc6c6ccccc65)cc4)c(-c4ccccc4)c3-c3ccccc3)cc2)CC1. The second-order valence-corrected chi connectivity index (χ2v) is 17.8. The first-order valence-corrected chi connectivity index (χ1v) is 23.7. The van der Waals surface area contributed by atoms with Gasteiger partial charge in [0.05, 0.1) is 16.6 Å². The first-order valence-electron chi connectivity index (χ1n) is 23.7. The van der Waals surface area contributed by atoms with Crippen LogP contribution in [0.5, 0.6) is 0 Å². The van der Waals surface area contributed by atoms with Gasteiger partial charge >= 0.3 is 0 Å². The van der Waals surface area contributed by atoms with Crippen LogP contribution < -0.4 is 0 Å². The molecule has 0 N–H and O–H groups in total. The lowest BCUT2D eigenvalue weighted by molar-refractivity contribution is 0.967. The largest absolute Gasteiger partial charge is 0.310 e. The van der Waals surface area contributed by atoms with Crippen LogP contribution in [0.3, 0.4) is 0 Å². The monoisotopic (exact) mass is 866 g/mol. The number of para-hydroxylation sites is 3. The maximum absolute atomic E-state index is 2.46. The van der Waals surface area contributed by atoms with Gasteiger partial charge in [-0.1, -0.05) is 206 Å². The second kappa shape index (κ2) is 16.6. The number of allylic oxidation sites excluding steroid dienone is 1. The van der Waals surface area contributed by atoms with Gasteiger partial charge in [0.1, 0.15) is 0 Å². The number of nitrogens with zero attached hydrogens (tertiary/aromatic N) is 2. The predicted molar refractivity (Wildman–Crippen MR) is 288 cm³/mol. The molecule has 2 nitrogen and oxygen atoms in total. The average Bonchev–Trinajstić information content (AvgIpc) is 3.94. The fraction of sp³-hybridized carbons (Fsp3) is 0.0303. The Hall–Kier alpha value is -8.72. The minimum Gasteiger partial charge on any atom is -0.310 e. The number of hydrogen-bond donors (Lipinski definition) is 0. The number of fused-ring (bicyclic) bond motifs is 6. The van der Waals surface area contributed by atoms with Gasteiger partial charge in [0.2, 0.25) is 0 Å². The zero-order chi connectivity index (χ0) is 45.0. The van der Waals surface area contributed by atoms with Crippen LogP contribution in [0.25, 0.3) is 117 Å². The molecule has 10 aromatic carbocycles. The third-order valence-electron chi connectivity index (χ3n) is 14.0. The van der Waals surface area contributed by atoms with E-state index >= 15 is 0 Å². The normalized spacial score (nSPS) is 12.2. The van der Waals surface area contributed by atoms with Crippen molar-refractivity contribution in [2.45, 2.75) is 12.8 Å². The smallest absolute Gasteiger partial charge is 0.0541 e. The van der Waals surface area contributed by atoms with E-state index in [1.807, 2.05) is 0 Å². The van der Waals surface area contributed by atoms with Crippen LogP contribution in [0.4, 0.5) is 0 Å². The summed E-state index contributed by atoms with van der Waals surface area (Å²) in [6.07, 6.45) is 6.76. The lowest BCUT2D eigenvalue weighted by atomic mass is 9.74. The van der Waals surface area contributed by atoms with Gasteiger partial charge in [0.15, 0.2) is 0 Å². The lowest BCUT2D eigenvalue weighted by Crippen LogP contribution is -2.03. The van der Waals surface area contributed by atoms with Crippen molar-refractivity contribution in [3.8, 4) is 78.1 Å². The highest BCUT2D eigenvalue weighted by Crippen LogP contribution is 2.56. The average molecular weight is 867 g/mol. The molecule has 0 fully saturated rings. The summed E-state index contributed by atoms with van der Waals surface area (Å²) in [6, 6.07) is 89.3.